The first-order valence-electron chi connectivity index (χ1n) is 11.4. The summed E-state index contributed by atoms with van der Waals surface area (Å²) in [6.45, 7) is 7.66. The second-order valence-electron chi connectivity index (χ2n) is 9.37. The van der Waals surface area contributed by atoms with Gasteiger partial charge < -0.3 is 14.7 Å². The van der Waals surface area contributed by atoms with Crippen LogP contribution in [0.2, 0.25) is 0 Å². The smallest absolute Gasteiger partial charge is 0.228 e. The van der Waals surface area contributed by atoms with Gasteiger partial charge in [-0.2, -0.15) is 0 Å². The van der Waals surface area contributed by atoms with Crippen LogP contribution < -0.4 is 4.90 Å². The summed E-state index contributed by atoms with van der Waals surface area (Å²) in [6.07, 6.45) is 4.04. The molecule has 162 valence electrons. The van der Waals surface area contributed by atoms with Gasteiger partial charge in [0.05, 0.1) is 5.92 Å². The van der Waals surface area contributed by atoms with E-state index in [0.717, 1.165) is 43.6 Å². The Hall–Kier alpha value is -2.37. The minimum absolute atomic E-state index is 0.0153. The fraction of sp³-hybridized carbons (Fsp3) is 0.625. The molecule has 3 aliphatic heterocycles. The third-order valence-electron chi connectivity index (χ3n) is 6.94. The van der Waals surface area contributed by atoms with E-state index in [1.54, 1.807) is 4.90 Å². The van der Waals surface area contributed by atoms with Crippen LogP contribution in [0, 0.1) is 24.7 Å². The Kier molecular flexibility index (Phi) is 6.11. The van der Waals surface area contributed by atoms with Gasteiger partial charge in [0.25, 0.3) is 0 Å². The van der Waals surface area contributed by atoms with Gasteiger partial charge in [-0.1, -0.05) is 24.6 Å². The second kappa shape index (κ2) is 8.78. The predicted molar refractivity (Wildman–Crippen MR) is 116 cm³/mol. The lowest BCUT2D eigenvalue weighted by Crippen LogP contribution is -2.48. The predicted octanol–water partition coefficient (Wildman–Crippen LogP) is 2.85. The van der Waals surface area contributed by atoms with Crippen LogP contribution in [0.1, 0.15) is 44.6 Å². The molecule has 6 heteroatoms. The third-order valence-corrected chi connectivity index (χ3v) is 6.94. The zero-order valence-electron chi connectivity index (χ0n) is 18.2. The van der Waals surface area contributed by atoms with Gasteiger partial charge in [0.1, 0.15) is 0 Å². The van der Waals surface area contributed by atoms with Gasteiger partial charge in [0, 0.05) is 50.7 Å². The molecule has 0 aromatic heterocycles. The average Bonchev–Trinajstić information content (AvgIpc) is 3.15. The van der Waals surface area contributed by atoms with Crippen molar-refractivity contribution in [2.75, 3.05) is 37.6 Å². The Morgan fingerprint density at radius 2 is 1.53 bits per heavy atom. The van der Waals surface area contributed by atoms with Crippen molar-refractivity contribution in [1.82, 2.24) is 9.80 Å². The van der Waals surface area contributed by atoms with Gasteiger partial charge in [-0.3, -0.25) is 14.4 Å². The van der Waals surface area contributed by atoms with E-state index in [9.17, 15) is 14.4 Å². The van der Waals surface area contributed by atoms with Gasteiger partial charge in [0.2, 0.25) is 17.7 Å². The van der Waals surface area contributed by atoms with E-state index in [-0.39, 0.29) is 36.0 Å². The number of aryl methyl sites for hydroxylation is 1. The largest absolute Gasteiger partial charge is 0.342 e. The summed E-state index contributed by atoms with van der Waals surface area (Å²) < 4.78 is 0. The molecule has 2 atom stereocenters. The molecule has 3 heterocycles. The number of nitrogens with zero attached hydrogens (tertiary/aromatic N) is 3. The van der Waals surface area contributed by atoms with E-state index < -0.39 is 0 Å². The number of likely N-dealkylation sites (tertiary alicyclic amines) is 2. The second-order valence-corrected chi connectivity index (χ2v) is 9.37. The number of rotatable bonds is 3. The minimum Gasteiger partial charge on any atom is -0.342 e. The maximum atomic E-state index is 13.0. The molecule has 0 radical (unpaired) electrons. The van der Waals surface area contributed by atoms with E-state index >= 15 is 0 Å². The lowest BCUT2D eigenvalue weighted by molar-refractivity contribution is -0.143. The van der Waals surface area contributed by atoms with Gasteiger partial charge in [-0.25, -0.2) is 0 Å². The van der Waals surface area contributed by atoms with Crippen LogP contribution in [0.15, 0.2) is 24.3 Å². The Morgan fingerprint density at radius 3 is 2.20 bits per heavy atom. The van der Waals surface area contributed by atoms with Crippen molar-refractivity contribution in [3.63, 3.8) is 0 Å². The van der Waals surface area contributed by atoms with Crippen molar-refractivity contribution in [3.8, 4) is 0 Å². The molecule has 0 spiro atoms. The molecule has 4 rings (SSSR count). The lowest BCUT2D eigenvalue weighted by atomic mass is 9.92. The van der Waals surface area contributed by atoms with E-state index in [0.29, 0.717) is 25.6 Å². The topological polar surface area (TPSA) is 60.9 Å². The monoisotopic (exact) mass is 411 g/mol. The Morgan fingerprint density at radius 1 is 0.867 bits per heavy atom. The molecule has 30 heavy (non-hydrogen) atoms. The molecule has 6 nitrogen and oxygen atoms in total. The number of hydrogen-bond donors (Lipinski definition) is 0. The summed E-state index contributed by atoms with van der Waals surface area (Å²) in [6, 6.07) is 7.86. The average molecular weight is 412 g/mol. The molecule has 0 saturated carbocycles. The molecule has 0 N–H and O–H groups in total. The third kappa shape index (κ3) is 4.37. The van der Waals surface area contributed by atoms with Crippen molar-refractivity contribution < 1.29 is 14.4 Å². The highest BCUT2D eigenvalue weighted by Gasteiger charge is 2.39. The number of carbonyl (C=O) groups excluding carboxylic acids is 3. The summed E-state index contributed by atoms with van der Waals surface area (Å²) in [5.74, 6) is 0.690. The van der Waals surface area contributed by atoms with E-state index in [1.807, 2.05) is 41.0 Å². The fourth-order valence-corrected chi connectivity index (χ4v) is 5.10. The first-order valence-corrected chi connectivity index (χ1v) is 11.4. The summed E-state index contributed by atoms with van der Waals surface area (Å²) in [7, 11) is 0. The van der Waals surface area contributed by atoms with Crippen LogP contribution in [0.3, 0.4) is 0 Å². The molecular formula is C24H33N3O3. The van der Waals surface area contributed by atoms with E-state index in [4.69, 9.17) is 0 Å². The van der Waals surface area contributed by atoms with Crippen LogP contribution in [-0.4, -0.2) is 60.2 Å². The highest BCUT2D eigenvalue weighted by Crippen LogP contribution is 2.29. The fourth-order valence-electron chi connectivity index (χ4n) is 5.10. The zero-order chi connectivity index (χ0) is 21.3. The molecule has 3 fully saturated rings. The van der Waals surface area contributed by atoms with Crippen LogP contribution >= 0.6 is 0 Å². The lowest BCUT2D eigenvalue weighted by Gasteiger charge is -2.37. The van der Waals surface area contributed by atoms with Gasteiger partial charge in [-0.15, -0.1) is 0 Å². The van der Waals surface area contributed by atoms with E-state index in [1.165, 1.54) is 6.42 Å². The Balaban J connectivity index is 1.30. The molecule has 1 aromatic rings. The molecule has 3 aliphatic rings. The van der Waals surface area contributed by atoms with Crippen LogP contribution in [0.25, 0.3) is 0 Å². The molecule has 3 amide bonds. The summed E-state index contributed by atoms with van der Waals surface area (Å²) in [5, 5.41) is 0. The molecule has 0 bridgehead atoms. The number of amides is 3. The molecule has 2 unspecified atom stereocenters. The summed E-state index contributed by atoms with van der Waals surface area (Å²) >= 11 is 0. The Labute approximate surface area is 179 Å². The molecule has 1 aromatic carbocycles. The highest BCUT2D eigenvalue weighted by atomic mass is 16.2. The quantitative estimate of drug-likeness (QED) is 0.768. The van der Waals surface area contributed by atoms with Gasteiger partial charge >= 0.3 is 0 Å². The van der Waals surface area contributed by atoms with Crippen LogP contribution in [-0.2, 0) is 14.4 Å². The number of carbonyl (C=O) groups is 3. The Bertz CT molecular complexity index is 798. The number of piperidine rings is 2. The first-order chi connectivity index (χ1) is 14.4. The normalized spacial score (nSPS) is 25.7. The summed E-state index contributed by atoms with van der Waals surface area (Å²) in [4.78, 5) is 44.1. The van der Waals surface area contributed by atoms with Crippen LogP contribution in [0.5, 0.6) is 0 Å². The standard InChI is InChI=1S/C24H33N3O3/c1-17-5-7-21(8-6-17)27-16-20(14-22(27)28)24(30)25-12-9-19(10-13-25)23(29)26-11-3-4-18(2)15-26/h5-8,18-20H,3-4,9-16H2,1-2H3. The van der Waals surface area contributed by atoms with Crippen molar-refractivity contribution in [1.29, 1.82) is 0 Å². The number of benzene rings is 1. The van der Waals surface area contributed by atoms with Gasteiger partial charge in [0.15, 0.2) is 0 Å². The molecule has 0 aliphatic carbocycles. The molecule has 3 saturated heterocycles. The number of hydrogen-bond acceptors (Lipinski definition) is 3. The highest BCUT2D eigenvalue weighted by molar-refractivity contribution is 6.00. The van der Waals surface area contributed by atoms with Gasteiger partial charge in [-0.05, 0) is 50.7 Å². The van der Waals surface area contributed by atoms with Crippen molar-refractivity contribution >= 4 is 23.4 Å². The van der Waals surface area contributed by atoms with Crippen LogP contribution in [0.4, 0.5) is 5.69 Å². The summed E-state index contributed by atoms with van der Waals surface area (Å²) in [5.41, 5.74) is 2.01. The first kappa shape index (κ1) is 20.9. The maximum Gasteiger partial charge on any atom is 0.228 e. The minimum atomic E-state index is -0.283. The molecular weight excluding hydrogens is 378 g/mol. The zero-order valence-corrected chi connectivity index (χ0v) is 18.2. The number of anilines is 1. The van der Waals surface area contributed by atoms with Crippen molar-refractivity contribution in [2.24, 2.45) is 17.8 Å². The van der Waals surface area contributed by atoms with Crippen molar-refractivity contribution in [2.45, 2.75) is 46.0 Å². The van der Waals surface area contributed by atoms with E-state index in [2.05, 4.69) is 6.92 Å². The SMILES string of the molecule is Cc1ccc(N2CC(C(=O)N3CCC(C(=O)N4CCCC(C)C4)CC3)CC2=O)cc1. The van der Waals surface area contributed by atoms with Crippen molar-refractivity contribution in [3.05, 3.63) is 29.8 Å². The maximum absolute atomic E-state index is 13.0.